The largest absolute Gasteiger partial charge is 0.392 e. The van der Waals surface area contributed by atoms with Gasteiger partial charge in [-0.1, -0.05) is 12.2 Å². The Morgan fingerprint density at radius 1 is 1.71 bits per heavy atom. The van der Waals surface area contributed by atoms with E-state index in [0.29, 0.717) is 11.5 Å². The van der Waals surface area contributed by atoms with Gasteiger partial charge >= 0.3 is 0 Å². The van der Waals surface area contributed by atoms with Gasteiger partial charge in [0, 0.05) is 7.05 Å². The molecule has 0 aromatic carbocycles. The Hall–Kier alpha value is -0.940. The summed E-state index contributed by atoms with van der Waals surface area (Å²) in [5.74, 6) is -0.0229. The summed E-state index contributed by atoms with van der Waals surface area (Å²) >= 11 is 6.18. The molecule has 0 saturated carbocycles. The fourth-order valence-corrected chi connectivity index (χ4v) is 2.18. The normalized spacial score (nSPS) is 9.86. The zero-order valence-electron chi connectivity index (χ0n) is 8.11. The van der Waals surface area contributed by atoms with E-state index in [2.05, 4.69) is 0 Å². The van der Waals surface area contributed by atoms with Crippen molar-refractivity contribution in [1.29, 1.82) is 0 Å². The van der Waals surface area contributed by atoms with Gasteiger partial charge in [-0.15, -0.1) is 11.3 Å². The summed E-state index contributed by atoms with van der Waals surface area (Å²) in [6.45, 7) is 2.24. The molecule has 2 N–H and O–H groups in total. The van der Waals surface area contributed by atoms with Crippen molar-refractivity contribution in [3.63, 3.8) is 0 Å². The quantitative estimate of drug-likeness (QED) is 0.796. The minimum absolute atomic E-state index is 0.0229. The molecule has 0 unspecified atom stereocenters. The Bertz CT molecular complexity index is 359. The predicted molar refractivity (Wildman–Crippen MR) is 62.8 cm³/mol. The second kappa shape index (κ2) is 4.52. The maximum absolute atomic E-state index is 11.8. The summed E-state index contributed by atoms with van der Waals surface area (Å²) in [7, 11) is 1.70. The van der Waals surface area contributed by atoms with E-state index < -0.39 is 0 Å². The van der Waals surface area contributed by atoms with E-state index in [1.165, 1.54) is 16.2 Å². The van der Waals surface area contributed by atoms with Crippen LogP contribution in [0.1, 0.15) is 15.2 Å². The van der Waals surface area contributed by atoms with Crippen molar-refractivity contribution in [2.45, 2.75) is 6.92 Å². The zero-order valence-corrected chi connectivity index (χ0v) is 9.74. The first kappa shape index (κ1) is 11.1. The number of amides is 1. The zero-order chi connectivity index (χ0) is 10.7. The van der Waals surface area contributed by atoms with Crippen molar-refractivity contribution in [3.05, 3.63) is 21.9 Å². The van der Waals surface area contributed by atoms with Gasteiger partial charge in [-0.3, -0.25) is 4.79 Å². The monoisotopic (exact) mass is 228 g/mol. The molecular formula is C9H12N2OS2. The van der Waals surface area contributed by atoms with Crippen LogP contribution in [0.5, 0.6) is 0 Å². The number of carbonyl (C=O) groups excluding carboxylic acids is 1. The number of hydrogen-bond acceptors (Lipinski definition) is 3. The molecule has 0 bridgehead atoms. The summed E-state index contributed by atoms with van der Waals surface area (Å²) in [5, 5.41) is 1.90. The summed E-state index contributed by atoms with van der Waals surface area (Å²) in [6.07, 6.45) is 0. The molecule has 76 valence electrons. The van der Waals surface area contributed by atoms with E-state index in [4.69, 9.17) is 18.0 Å². The maximum Gasteiger partial charge on any atom is 0.264 e. The van der Waals surface area contributed by atoms with Crippen molar-refractivity contribution in [3.8, 4) is 0 Å². The molecule has 5 heteroatoms. The molecule has 0 spiro atoms. The Kier molecular flexibility index (Phi) is 3.60. The third kappa shape index (κ3) is 2.52. The third-order valence-corrected chi connectivity index (χ3v) is 2.93. The molecule has 14 heavy (non-hydrogen) atoms. The van der Waals surface area contributed by atoms with Crippen LogP contribution in [0.15, 0.2) is 11.4 Å². The molecule has 0 fully saturated rings. The molecule has 1 aromatic heterocycles. The Balaban J connectivity index is 2.76. The van der Waals surface area contributed by atoms with Crippen molar-refractivity contribution in [2.24, 2.45) is 5.73 Å². The van der Waals surface area contributed by atoms with Crippen LogP contribution < -0.4 is 5.73 Å². The molecule has 3 nitrogen and oxygen atoms in total. The number of likely N-dealkylation sites (N-methyl/N-ethyl adjacent to an activating group) is 1. The van der Waals surface area contributed by atoms with Gasteiger partial charge in [0.25, 0.3) is 5.91 Å². The van der Waals surface area contributed by atoms with Gasteiger partial charge < -0.3 is 10.6 Å². The van der Waals surface area contributed by atoms with Crippen LogP contribution in [0, 0.1) is 6.92 Å². The fourth-order valence-electron chi connectivity index (χ4n) is 1.07. The number of nitrogens with two attached hydrogens (primary N) is 1. The van der Waals surface area contributed by atoms with Gasteiger partial charge in [0.15, 0.2) is 0 Å². The van der Waals surface area contributed by atoms with E-state index in [1.807, 2.05) is 18.4 Å². The molecule has 0 aliphatic heterocycles. The van der Waals surface area contributed by atoms with E-state index in [0.717, 1.165) is 10.4 Å². The van der Waals surface area contributed by atoms with Crippen LogP contribution in [0.2, 0.25) is 0 Å². The van der Waals surface area contributed by atoms with Crippen molar-refractivity contribution < 1.29 is 4.79 Å². The fraction of sp³-hybridized carbons (Fsp3) is 0.333. The number of aryl methyl sites for hydroxylation is 1. The molecule has 0 atom stereocenters. The van der Waals surface area contributed by atoms with Crippen LogP contribution >= 0.6 is 23.6 Å². The van der Waals surface area contributed by atoms with Gasteiger partial charge in [0.2, 0.25) is 0 Å². The average Bonchev–Trinajstić information content (AvgIpc) is 2.48. The molecule has 0 aliphatic carbocycles. The van der Waals surface area contributed by atoms with Crippen LogP contribution in [-0.4, -0.2) is 29.4 Å². The van der Waals surface area contributed by atoms with Gasteiger partial charge in [-0.25, -0.2) is 0 Å². The van der Waals surface area contributed by atoms with E-state index in [1.54, 1.807) is 7.05 Å². The molecular weight excluding hydrogens is 216 g/mol. The van der Waals surface area contributed by atoms with Crippen molar-refractivity contribution in [1.82, 2.24) is 4.90 Å². The highest BCUT2D eigenvalue weighted by atomic mass is 32.1. The number of hydrogen-bond donors (Lipinski definition) is 1. The molecule has 1 amide bonds. The van der Waals surface area contributed by atoms with Gasteiger partial charge in [0.1, 0.15) is 0 Å². The Labute approximate surface area is 92.5 Å². The number of carbonyl (C=O) groups is 1. The topological polar surface area (TPSA) is 46.3 Å². The average molecular weight is 228 g/mol. The maximum atomic E-state index is 11.8. The summed E-state index contributed by atoms with van der Waals surface area (Å²) < 4.78 is 0. The smallest absolute Gasteiger partial charge is 0.264 e. The van der Waals surface area contributed by atoms with E-state index in [9.17, 15) is 4.79 Å². The number of thiocarbonyl (C=S) groups is 1. The van der Waals surface area contributed by atoms with Crippen LogP contribution in [0.3, 0.4) is 0 Å². The second-order valence-corrected chi connectivity index (χ2v) is 4.50. The lowest BCUT2D eigenvalue weighted by Gasteiger charge is -2.15. The van der Waals surface area contributed by atoms with Crippen LogP contribution in [-0.2, 0) is 0 Å². The molecule has 0 aliphatic rings. The van der Waals surface area contributed by atoms with Crippen molar-refractivity contribution >= 4 is 34.5 Å². The van der Waals surface area contributed by atoms with Crippen molar-refractivity contribution in [2.75, 3.05) is 13.6 Å². The first-order valence-corrected chi connectivity index (χ1v) is 5.39. The molecule has 1 heterocycles. The molecule has 1 aromatic rings. The van der Waals surface area contributed by atoms with Crippen LogP contribution in [0.25, 0.3) is 0 Å². The van der Waals surface area contributed by atoms with Gasteiger partial charge in [-0.2, -0.15) is 0 Å². The second-order valence-electron chi connectivity index (χ2n) is 3.06. The highest BCUT2D eigenvalue weighted by molar-refractivity contribution is 7.80. The SMILES string of the molecule is Cc1ccsc1C(=O)N(C)CC(N)=S. The van der Waals surface area contributed by atoms with Gasteiger partial charge in [0.05, 0.1) is 16.4 Å². The lowest BCUT2D eigenvalue weighted by Crippen LogP contribution is -2.34. The van der Waals surface area contributed by atoms with Crippen LogP contribution in [0.4, 0.5) is 0 Å². The molecule has 1 rings (SSSR count). The number of thiophene rings is 1. The third-order valence-electron chi connectivity index (χ3n) is 1.80. The van der Waals surface area contributed by atoms with E-state index in [-0.39, 0.29) is 5.91 Å². The van der Waals surface area contributed by atoms with E-state index >= 15 is 0 Å². The van der Waals surface area contributed by atoms with Gasteiger partial charge in [-0.05, 0) is 23.9 Å². The minimum atomic E-state index is -0.0229. The highest BCUT2D eigenvalue weighted by Crippen LogP contribution is 2.17. The minimum Gasteiger partial charge on any atom is -0.392 e. The first-order valence-electron chi connectivity index (χ1n) is 4.10. The molecule has 0 saturated heterocycles. The predicted octanol–water partition coefficient (Wildman–Crippen LogP) is 1.41. The number of nitrogens with zero attached hydrogens (tertiary/aromatic N) is 1. The Morgan fingerprint density at radius 3 is 2.79 bits per heavy atom. The molecule has 0 radical (unpaired) electrons. The highest BCUT2D eigenvalue weighted by Gasteiger charge is 2.15. The summed E-state index contributed by atoms with van der Waals surface area (Å²) in [5.41, 5.74) is 6.36. The first-order chi connectivity index (χ1) is 6.52. The standard InChI is InChI=1S/C9H12N2OS2/c1-6-3-4-14-8(6)9(12)11(2)5-7(10)13/h3-4H,5H2,1-2H3,(H2,10,13). The summed E-state index contributed by atoms with van der Waals surface area (Å²) in [6, 6.07) is 1.92. The summed E-state index contributed by atoms with van der Waals surface area (Å²) in [4.78, 5) is 14.4. The Morgan fingerprint density at radius 2 is 2.36 bits per heavy atom. The lowest BCUT2D eigenvalue weighted by molar-refractivity contribution is 0.0819. The lowest BCUT2D eigenvalue weighted by atomic mass is 10.3. The number of rotatable bonds is 3.